The third-order valence-electron chi connectivity index (χ3n) is 18.4. The largest absolute Gasteiger partial charge is 0.472 e. The summed E-state index contributed by atoms with van der Waals surface area (Å²) in [5.41, 5.74) is 0. The van der Waals surface area contributed by atoms with E-state index in [1.807, 2.05) is 0 Å². The van der Waals surface area contributed by atoms with Gasteiger partial charge in [0.2, 0.25) is 0 Å². The number of rotatable bonds is 83. The molecule has 5 atom stereocenters. The average Bonchev–Trinajstić information content (AvgIpc) is 0.901. The standard InChI is InChI=1S/C95H160O16P2/c1-4-7-10-13-16-19-22-25-28-31-34-36-38-40-42-43-44-45-47-49-50-52-55-57-60-63-66-69-72-75-78-81-93(98)105-84-90(96)85-107-112(101,102)108-86-91(97)87-109-113(103,104)110-89-92(111-95(100)83-80-77-74-71-68-65-62-59-54-33-30-27-24-21-18-15-12-9-6-3)88-106-94(99)82-79-76-73-70-67-64-61-58-56-53-51-48-46-41-39-37-35-32-29-26-23-20-17-14-11-8-5-2/h7-8,10-11,16-21,25-30,34-37,40-42,46,51,53-54,59,90-92,96-97H,4-6,9,12-15,22-24,31-33,38-39,43-45,47-50,52,55-58,60-89H2,1-3H3,(H,101,102)(H,103,104)/b10-7-,11-8-,19-16-,20-17-,21-18-,28-25-,29-26-,30-27-,36-34-,37-35-,42-40-,46-41-,53-51-,59-54-. The lowest BCUT2D eigenvalue weighted by Gasteiger charge is -2.21. The average molecular weight is 1620 g/mol. The van der Waals surface area contributed by atoms with Crippen LogP contribution in [-0.2, 0) is 55.8 Å². The molecule has 0 saturated carbocycles. The van der Waals surface area contributed by atoms with E-state index in [1.165, 1.54) is 103 Å². The quantitative estimate of drug-likeness (QED) is 0.0146. The summed E-state index contributed by atoms with van der Waals surface area (Å²) in [6.45, 7) is 2.43. The SMILES string of the molecule is CC/C=C\C/C=C\C/C=C\C/C=C\C/C=C\C/C=C\CCCCCCCCCCC(=O)OCC(COP(=O)(O)OCC(O)COP(=O)(O)OCC(O)COC(=O)CCCCCCCCCCCCCCCCC/C=C\C/C=C\C/C=C\C/C=C\C/C=C\CC)OC(=O)CCCCCCCC/C=C\C/C=C\C/C=C\CCCCC. The molecule has 646 valence electrons. The summed E-state index contributed by atoms with van der Waals surface area (Å²) < 4.78 is 61.4. The molecule has 0 aliphatic carbocycles. The number of carbonyl (C=O) groups is 3. The van der Waals surface area contributed by atoms with Crippen LogP contribution in [0.1, 0.15) is 355 Å². The molecule has 5 unspecified atom stereocenters. The molecule has 0 fully saturated rings. The molecule has 0 aromatic carbocycles. The number of hydrogen-bond donors (Lipinski definition) is 4. The van der Waals surface area contributed by atoms with Crippen LogP contribution in [0, 0.1) is 0 Å². The lowest BCUT2D eigenvalue weighted by atomic mass is 10.0. The molecule has 0 bridgehead atoms. The van der Waals surface area contributed by atoms with Gasteiger partial charge in [-0.25, -0.2) is 9.13 Å². The summed E-state index contributed by atoms with van der Waals surface area (Å²) in [6, 6.07) is 0. The lowest BCUT2D eigenvalue weighted by molar-refractivity contribution is -0.161. The van der Waals surface area contributed by atoms with Crippen molar-refractivity contribution in [3.63, 3.8) is 0 Å². The van der Waals surface area contributed by atoms with Gasteiger partial charge < -0.3 is 34.2 Å². The van der Waals surface area contributed by atoms with Crippen LogP contribution < -0.4 is 0 Å². The Hall–Kier alpha value is -5.09. The summed E-state index contributed by atoms with van der Waals surface area (Å²) in [6.07, 6.45) is 111. The molecule has 4 N–H and O–H groups in total. The zero-order chi connectivity index (χ0) is 82.2. The van der Waals surface area contributed by atoms with Gasteiger partial charge in [-0.05, 0) is 154 Å². The molecule has 16 nitrogen and oxygen atoms in total. The maximum Gasteiger partial charge on any atom is 0.472 e. The number of hydrogen-bond acceptors (Lipinski definition) is 14. The van der Waals surface area contributed by atoms with E-state index in [4.69, 9.17) is 32.3 Å². The minimum atomic E-state index is -4.95. The summed E-state index contributed by atoms with van der Waals surface area (Å²) >= 11 is 0. The molecule has 0 saturated heterocycles. The summed E-state index contributed by atoms with van der Waals surface area (Å²) in [5, 5.41) is 20.7. The molecular weight excluding hydrogens is 1460 g/mol. The van der Waals surface area contributed by atoms with Crippen molar-refractivity contribution in [2.45, 2.75) is 373 Å². The molecule has 0 rings (SSSR count). The van der Waals surface area contributed by atoms with Crippen molar-refractivity contribution < 1.29 is 75.8 Å². The number of ether oxygens (including phenoxy) is 3. The van der Waals surface area contributed by atoms with Crippen LogP contribution in [-0.4, -0.2) is 95.9 Å². The second-order valence-corrected chi connectivity index (χ2v) is 32.2. The zero-order valence-corrected chi connectivity index (χ0v) is 72.8. The van der Waals surface area contributed by atoms with Crippen LogP contribution in [0.4, 0.5) is 0 Å². The number of aliphatic hydroxyl groups excluding tert-OH is 2. The highest BCUT2D eigenvalue weighted by molar-refractivity contribution is 7.47. The molecule has 0 radical (unpaired) electrons. The van der Waals surface area contributed by atoms with Gasteiger partial charge in [-0.2, -0.15) is 0 Å². The van der Waals surface area contributed by atoms with Gasteiger partial charge in [-0.3, -0.25) is 32.5 Å². The third kappa shape index (κ3) is 87.6. The number of carbonyl (C=O) groups excluding carboxylic acids is 3. The number of esters is 3. The van der Waals surface area contributed by atoms with Crippen molar-refractivity contribution in [2.75, 3.05) is 39.6 Å². The highest BCUT2D eigenvalue weighted by Crippen LogP contribution is 2.45. The van der Waals surface area contributed by atoms with Gasteiger partial charge >= 0.3 is 33.6 Å². The molecule has 0 heterocycles. The Morgan fingerprint density at radius 2 is 0.469 bits per heavy atom. The van der Waals surface area contributed by atoms with Gasteiger partial charge in [0.1, 0.15) is 25.4 Å². The summed E-state index contributed by atoms with van der Waals surface area (Å²) in [7, 11) is -9.82. The number of allylic oxidation sites excluding steroid dienone is 28. The molecule has 0 aliphatic rings. The van der Waals surface area contributed by atoms with Gasteiger partial charge in [0.05, 0.1) is 26.4 Å². The highest BCUT2D eigenvalue weighted by atomic mass is 31.2. The van der Waals surface area contributed by atoms with Crippen molar-refractivity contribution >= 4 is 33.6 Å². The maximum atomic E-state index is 13.0. The van der Waals surface area contributed by atoms with E-state index in [0.29, 0.717) is 19.3 Å². The molecule has 18 heteroatoms. The van der Waals surface area contributed by atoms with Crippen LogP contribution in [0.25, 0.3) is 0 Å². The van der Waals surface area contributed by atoms with E-state index in [0.717, 1.165) is 193 Å². The molecule has 0 amide bonds. The Balaban J connectivity index is 4.59. The van der Waals surface area contributed by atoms with Crippen LogP contribution in [0.2, 0.25) is 0 Å². The fraction of sp³-hybridized carbons (Fsp3) is 0.674. The molecule has 0 aromatic rings. The van der Waals surface area contributed by atoms with Gasteiger partial charge in [0, 0.05) is 19.3 Å². The maximum absolute atomic E-state index is 13.0. The van der Waals surface area contributed by atoms with Gasteiger partial charge in [0.15, 0.2) is 6.10 Å². The van der Waals surface area contributed by atoms with E-state index in [9.17, 15) is 43.5 Å². The molecule has 113 heavy (non-hydrogen) atoms. The predicted octanol–water partition coefficient (Wildman–Crippen LogP) is 27.1. The Morgan fingerprint density at radius 1 is 0.257 bits per heavy atom. The Kier molecular flexibility index (Phi) is 82.4. The monoisotopic (exact) mass is 1620 g/mol. The minimum Gasteiger partial charge on any atom is -0.463 e. The first-order valence-corrected chi connectivity index (χ1v) is 47.4. The van der Waals surface area contributed by atoms with E-state index >= 15 is 0 Å². The third-order valence-corrected chi connectivity index (χ3v) is 20.3. The first kappa shape index (κ1) is 108. The molecule has 0 aliphatic heterocycles. The number of aliphatic hydroxyl groups is 2. The first-order chi connectivity index (χ1) is 55.2. The minimum absolute atomic E-state index is 0.0835. The van der Waals surface area contributed by atoms with Crippen LogP contribution in [0.5, 0.6) is 0 Å². The number of phosphoric ester groups is 2. The van der Waals surface area contributed by atoms with Crippen molar-refractivity contribution in [3.8, 4) is 0 Å². The van der Waals surface area contributed by atoms with Crippen LogP contribution >= 0.6 is 15.6 Å². The van der Waals surface area contributed by atoms with Crippen LogP contribution in [0.15, 0.2) is 170 Å². The van der Waals surface area contributed by atoms with Crippen molar-refractivity contribution in [3.05, 3.63) is 170 Å². The van der Waals surface area contributed by atoms with Gasteiger partial charge in [-0.1, -0.05) is 351 Å². The van der Waals surface area contributed by atoms with Gasteiger partial charge in [-0.15, -0.1) is 0 Å². The predicted molar refractivity (Wildman–Crippen MR) is 472 cm³/mol. The summed E-state index contributed by atoms with van der Waals surface area (Å²) in [5.74, 6) is -1.60. The normalized spacial score (nSPS) is 14.6. The molecular formula is C95H160O16P2. The number of phosphoric acid groups is 2. The topological polar surface area (TPSA) is 231 Å². The fourth-order valence-corrected chi connectivity index (χ4v) is 13.3. The smallest absolute Gasteiger partial charge is 0.463 e. The second-order valence-electron chi connectivity index (χ2n) is 29.3. The zero-order valence-electron chi connectivity index (χ0n) is 71.0. The second kappa shape index (κ2) is 86.3. The molecule has 0 aromatic heterocycles. The molecule has 0 spiro atoms. The van der Waals surface area contributed by atoms with Crippen molar-refractivity contribution in [1.29, 1.82) is 0 Å². The van der Waals surface area contributed by atoms with Crippen molar-refractivity contribution in [2.24, 2.45) is 0 Å². The van der Waals surface area contributed by atoms with E-state index in [1.54, 1.807) is 0 Å². The lowest BCUT2D eigenvalue weighted by Crippen LogP contribution is -2.30. The Bertz CT molecular complexity index is 2730. The fourth-order valence-electron chi connectivity index (χ4n) is 11.7. The number of unbranched alkanes of at least 4 members (excludes halogenated alkanes) is 32. The first-order valence-electron chi connectivity index (χ1n) is 44.4. The Morgan fingerprint density at radius 3 is 0.743 bits per heavy atom. The van der Waals surface area contributed by atoms with Crippen molar-refractivity contribution in [1.82, 2.24) is 0 Å². The van der Waals surface area contributed by atoms with E-state index < -0.39 is 91.5 Å². The van der Waals surface area contributed by atoms with Gasteiger partial charge in [0.25, 0.3) is 0 Å². The van der Waals surface area contributed by atoms with E-state index in [-0.39, 0.29) is 19.3 Å². The Labute approximate surface area is 688 Å². The summed E-state index contributed by atoms with van der Waals surface area (Å²) in [4.78, 5) is 58.9. The highest BCUT2D eigenvalue weighted by Gasteiger charge is 2.29. The van der Waals surface area contributed by atoms with E-state index in [2.05, 4.69) is 191 Å². The van der Waals surface area contributed by atoms with Crippen LogP contribution in [0.3, 0.4) is 0 Å².